The number of hydrogen-bond donors (Lipinski definition) is 3. The summed E-state index contributed by atoms with van der Waals surface area (Å²) in [6, 6.07) is 15.0. The van der Waals surface area contributed by atoms with Crippen molar-refractivity contribution in [2.45, 2.75) is 38.6 Å². The molecule has 1 aromatic heterocycles. The predicted molar refractivity (Wildman–Crippen MR) is 111 cm³/mol. The minimum Gasteiger partial charge on any atom is -0.354 e. The van der Waals surface area contributed by atoms with E-state index in [1.807, 2.05) is 43.3 Å². The molecule has 1 aliphatic rings. The molecule has 1 amide bonds. The standard InChI is InChI=1S/C23H26FN3O/c1-14(25)15-7-9-17(10-8-15)23(28)27-22-18-13-21(16-5-3-2-4-6-16)26-20(18)12-11-19(22)24/h2-6,11-15,17,26H,7-10,25H2,1H3,(H,27,28). The van der Waals surface area contributed by atoms with E-state index in [1.165, 1.54) is 6.07 Å². The van der Waals surface area contributed by atoms with E-state index in [9.17, 15) is 9.18 Å². The number of fused-ring (bicyclic) bond motifs is 1. The van der Waals surface area contributed by atoms with Gasteiger partial charge in [0.1, 0.15) is 5.82 Å². The van der Waals surface area contributed by atoms with Crippen LogP contribution in [0.1, 0.15) is 32.6 Å². The minimum atomic E-state index is -0.413. The van der Waals surface area contributed by atoms with Crippen molar-refractivity contribution in [3.05, 3.63) is 54.3 Å². The summed E-state index contributed by atoms with van der Waals surface area (Å²) in [5.41, 5.74) is 8.97. The summed E-state index contributed by atoms with van der Waals surface area (Å²) >= 11 is 0. The molecule has 0 saturated heterocycles. The monoisotopic (exact) mass is 379 g/mol. The molecule has 0 spiro atoms. The molecule has 1 saturated carbocycles. The second-order valence-electron chi connectivity index (χ2n) is 7.89. The smallest absolute Gasteiger partial charge is 0.227 e. The molecule has 0 radical (unpaired) electrons. The van der Waals surface area contributed by atoms with E-state index in [4.69, 9.17) is 5.73 Å². The summed E-state index contributed by atoms with van der Waals surface area (Å²) < 4.78 is 14.6. The van der Waals surface area contributed by atoms with Crippen LogP contribution in [0.5, 0.6) is 0 Å². The van der Waals surface area contributed by atoms with Crippen LogP contribution >= 0.6 is 0 Å². The molecule has 4 rings (SSSR count). The molecule has 0 aliphatic heterocycles. The van der Waals surface area contributed by atoms with Gasteiger partial charge in [-0.1, -0.05) is 30.3 Å². The molecule has 1 aliphatic carbocycles. The van der Waals surface area contributed by atoms with Crippen LogP contribution in [0.2, 0.25) is 0 Å². The van der Waals surface area contributed by atoms with Crippen molar-refractivity contribution in [1.82, 2.24) is 4.98 Å². The normalized spacial score (nSPS) is 20.8. The topological polar surface area (TPSA) is 70.9 Å². The van der Waals surface area contributed by atoms with Crippen molar-refractivity contribution in [3.8, 4) is 11.3 Å². The van der Waals surface area contributed by atoms with Crippen LogP contribution in [0.15, 0.2) is 48.5 Å². The minimum absolute atomic E-state index is 0.0859. The number of nitrogens with two attached hydrogens (primary N) is 1. The highest BCUT2D eigenvalue weighted by molar-refractivity contribution is 6.03. The summed E-state index contributed by atoms with van der Waals surface area (Å²) in [4.78, 5) is 16.1. The fraction of sp³-hybridized carbons (Fsp3) is 0.348. The highest BCUT2D eigenvalue weighted by atomic mass is 19.1. The number of H-pyrrole nitrogens is 1. The summed E-state index contributed by atoms with van der Waals surface area (Å²) in [6.07, 6.45) is 3.51. The molecule has 1 heterocycles. The van der Waals surface area contributed by atoms with Crippen LogP contribution in [0.3, 0.4) is 0 Å². The lowest BCUT2D eigenvalue weighted by Gasteiger charge is -2.30. The van der Waals surface area contributed by atoms with Crippen molar-refractivity contribution >= 4 is 22.5 Å². The fourth-order valence-electron chi connectivity index (χ4n) is 4.21. The van der Waals surface area contributed by atoms with Gasteiger partial charge in [0, 0.05) is 28.6 Å². The van der Waals surface area contributed by atoms with Gasteiger partial charge >= 0.3 is 0 Å². The first-order chi connectivity index (χ1) is 13.5. The molecule has 1 unspecified atom stereocenters. The Labute approximate surface area is 164 Å². The lowest BCUT2D eigenvalue weighted by molar-refractivity contribution is -0.121. The fourth-order valence-corrected chi connectivity index (χ4v) is 4.21. The molecular weight excluding hydrogens is 353 g/mol. The largest absolute Gasteiger partial charge is 0.354 e. The Morgan fingerprint density at radius 2 is 1.86 bits per heavy atom. The number of halogens is 1. The van der Waals surface area contributed by atoms with Crippen molar-refractivity contribution in [3.63, 3.8) is 0 Å². The molecule has 1 fully saturated rings. The zero-order valence-electron chi connectivity index (χ0n) is 16.0. The van der Waals surface area contributed by atoms with E-state index < -0.39 is 5.82 Å². The number of amides is 1. The summed E-state index contributed by atoms with van der Waals surface area (Å²) in [5, 5.41) is 3.56. The second kappa shape index (κ2) is 7.76. The number of aromatic nitrogens is 1. The van der Waals surface area contributed by atoms with Gasteiger partial charge in [-0.3, -0.25) is 4.79 Å². The molecule has 4 N–H and O–H groups in total. The van der Waals surface area contributed by atoms with E-state index in [0.29, 0.717) is 11.3 Å². The maximum Gasteiger partial charge on any atom is 0.227 e. The average molecular weight is 379 g/mol. The molecule has 146 valence electrons. The third kappa shape index (κ3) is 3.67. The second-order valence-corrected chi connectivity index (χ2v) is 7.89. The number of hydrogen-bond acceptors (Lipinski definition) is 2. The van der Waals surface area contributed by atoms with Crippen LogP contribution in [-0.2, 0) is 4.79 Å². The van der Waals surface area contributed by atoms with Gasteiger partial charge in [0.25, 0.3) is 0 Å². The van der Waals surface area contributed by atoms with E-state index >= 15 is 0 Å². The van der Waals surface area contributed by atoms with Crippen LogP contribution < -0.4 is 11.1 Å². The molecule has 5 heteroatoms. The van der Waals surface area contributed by atoms with Crippen LogP contribution in [0.4, 0.5) is 10.1 Å². The lowest BCUT2D eigenvalue weighted by Crippen LogP contribution is -2.33. The van der Waals surface area contributed by atoms with Gasteiger partial charge < -0.3 is 16.0 Å². The Hall–Kier alpha value is -2.66. The molecule has 1 atom stereocenters. The predicted octanol–water partition coefficient (Wildman–Crippen LogP) is 5.07. The zero-order valence-corrected chi connectivity index (χ0v) is 16.0. The third-order valence-corrected chi connectivity index (χ3v) is 5.97. The van der Waals surface area contributed by atoms with Gasteiger partial charge in [-0.15, -0.1) is 0 Å². The van der Waals surface area contributed by atoms with Crippen molar-refractivity contribution < 1.29 is 9.18 Å². The number of rotatable bonds is 4. The van der Waals surface area contributed by atoms with Crippen molar-refractivity contribution in [1.29, 1.82) is 0 Å². The van der Waals surface area contributed by atoms with E-state index in [1.54, 1.807) is 6.07 Å². The summed E-state index contributed by atoms with van der Waals surface area (Å²) in [6.45, 7) is 2.03. The average Bonchev–Trinajstić information content (AvgIpc) is 3.15. The summed E-state index contributed by atoms with van der Waals surface area (Å²) in [5.74, 6) is -0.125. The number of nitrogens with one attached hydrogen (secondary N) is 2. The highest BCUT2D eigenvalue weighted by Gasteiger charge is 2.28. The quantitative estimate of drug-likeness (QED) is 0.592. The lowest BCUT2D eigenvalue weighted by atomic mass is 9.79. The van der Waals surface area contributed by atoms with Crippen LogP contribution in [0, 0.1) is 17.7 Å². The van der Waals surface area contributed by atoms with Crippen molar-refractivity contribution in [2.75, 3.05) is 5.32 Å². The van der Waals surface area contributed by atoms with E-state index in [0.717, 1.165) is 42.5 Å². The van der Waals surface area contributed by atoms with Gasteiger partial charge in [0.05, 0.1) is 5.69 Å². The van der Waals surface area contributed by atoms with Gasteiger partial charge in [0.15, 0.2) is 0 Å². The number of carbonyl (C=O) groups excluding carboxylic acids is 1. The van der Waals surface area contributed by atoms with Gasteiger partial charge in [-0.25, -0.2) is 4.39 Å². The highest BCUT2D eigenvalue weighted by Crippen LogP contribution is 2.34. The number of anilines is 1. The Balaban J connectivity index is 1.57. The number of carbonyl (C=O) groups is 1. The first-order valence-electron chi connectivity index (χ1n) is 9.96. The van der Waals surface area contributed by atoms with E-state index in [-0.39, 0.29) is 23.6 Å². The first-order valence-corrected chi connectivity index (χ1v) is 9.96. The Morgan fingerprint density at radius 3 is 2.54 bits per heavy atom. The molecule has 28 heavy (non-hydrogen) atoms. The summed E-state index contributed by atoms with van der Waals surface area (Å²) in [7, 11) is 0. The third-order valence-electron chi connectivity index (χ3n) is 5.97. The zero-order chi connectivity index (χ0) is 19.7. The maximum atomic E-state index is 14.6. The first kappa shape index (κ1) is 18.7. The molecule has 2 aromatic carbocycles. The Bertz CT molecular complexity index is 972. The van der Waals surface area contributed by atoms with Crippen LogP contribution in [-0.4, -0.2) is 16.9 Å². The number of aromatic amines is 1. The van der Waals surface area contributed by atoms with Crippen LogP contribution in [0.25, 0.3) is 22.2 Å². The Morgan fingerprint density at radius 1 is 1.14 bits per heavy atom. The number of benzene rings is 2. The molecule has 3 aromatic rings. The van der Waals surface area contributed by atoms with Gasteiger partial charge in [-0.05, 0) is 62.3 Å². The SMILES string of the molecule is CC(N)C1CCC(C(=O)Nc2c(F)ccc3[nH]c(-c4ccccc4)cc23)CC1. The van der Waals surface area contributed by atoms with Crippen molar-refractivity contribution in [2.24, 2.45) is 17.6 Å². The Kier molecular flexibility index (Phi) is 5.18. The molecular formula is C23H26FN3O. The van der Waals surface area contributed by atoms with Gasteiger partial charge in [-0.2, -0.15) is 0 Å². The van der Waals surface area contributed by atoms with E-state index in [2.05, 4.69) is 10.3 Å². The molecule has 0 bridgehead atoms. The maximum absolute atomic E-state index is 14.6. The van der Waals surface area contributed by atoms with Gasteiger partial charge in [0.2, 0.25) is 5.91 Å². The molecule has 4 nitrogen and oxygen atoms in total.